The summed E-state index contributed by atoms with van der Waals surface area (Å²) in [5.41, 5.74) is 0.536. The number of nitrogens with one attached hydrogen (secondary N) is 1. The number of carbonyl (C=O) groups is 2. The third-order valence-electron chi connectivity index (χ3n) is 3.45. The Morgan fingerprint density at radius 1 is 1.30 bits per heavy atom. The van der Waals surface area contributed by atoms with E-state index in [1.165, 1.54) is 4.90 Å². The largest absolute Gasteiger partial charge is 0.309 e. The van der Waals surface area contributed by atoms with Gasteiger partial charge in [0.15, 0.2) is 0 Å². The normalized spacial score (nSPS) is 15.5. The van der Waals surface area contributed by atoms with Crippen LogP contribution in [0.3, 0.4) is 0 Å². The average molecular weight is 550 g/mol. The number of nitrogens with zero attached hydrogens (tertiary/aromatic N) is 2. The number of rotatable bonds is 4. The zero-order chi connectivity index (χ0) is 19.6. The Labute approximate surface area is 188 Å². The quantitative estimate of drug-likeness (QED) is 0.336. The maximum atomic E-state index is 12.6. The molecule has 0 bridgehead atoms. The molecular weight excluding hydrogens is 540 g/mol. The predicted molar refractivity (Wildman–Crippen MR) is 122 cm³/mol. The molecule has 0 unspecified atom stereocenters. The van der Waals surface area contributed by atoms with Gasteiger partial charge < -0.3 is 5.32 Å². The van der Waals surface area contributed by atoms with E-state index in [0.717, 1.165) is 15.3 Å². The number of hydrogen-bond donors (Lipinski definition) is 1. The Bertz CT molecular complexity index is 947. The Kier molecular flexibility index (Phi) is 6.74. The first-order chi connectivity index (χ1) is 12.8. The highest BCUT2D eigenvalue weighted by Gasteiger charge is 2.33. The summed E-state index contributed by atoms with van der Waals surface area (Å²) in [5, 5.41) is 3.49. The Morgan fingerprint density at radius 2 is 2.00 bits per heavy atom. The minimum absolute atomic E-state index is 0.202. The fraction of sp³-hybridized carbons (Fsp3) is 0.0588. The average Bonchev–Trinajstić information content (AvgIpc) is 2.88. The van der Waals surface area contributed by atoms with Gasteiger partial charge in [-0.2, -0.15) is 0 Å². The van der Waals surface area contributed by atoms with E-state index in [1.807, 2.05) is 6.07 Å². The van der Waals surface area contributed by atoms with Gasteiger partial charge in [0.25, 0.3) is 5.91 Å². The van der Waals surface area contributed by atoms with E-state index in [4.69, 9.17) is 35.4 Å². The summed E-state index contributed by atoms with van der Waals surface area (Å²) < 4.78 is 1.24. The zero-order valence-electron chi connectivity index (χ0n) is 13.4. The van der Waals surface area contributed by atoms with Crippen LogP contribution in [0.5, 0.6) is 0 Å². The van der Waals surface area contributed by atoms with Gasteiger partial charge in [0, 0.05) is 25.4 Å². The zero-order valence-corrected chi connectivity index (χ0v) is 18.7. The van der Waals surface area contributed by atoms with Gasteiger partial charge in [0.1, 0.15) is 16.7 Å². The van der Waals surface area contributed by atoms with E-state index >= 15 is 0 Å². The minimum atomic E-state index is -0.392. The van der Waals surface area contributed by atoms with Crippen molar-refractivity contribution in [1.82, 2.24) is 9.88 Å². The highest BCUT2D eigenvalue weighted by Crippen LogP contribution is 2.35. The van der Waals surface area contributed by atoms with Gasteiger partial charge in [-0.05, 0) is 52.9 Å². The van der Waals surface area contributed by atoms with Crippen molar-refractivity contribution in [1.29, 1.82) is 0 Å². The number of aromatic nitrogens is 1. The molecule has 1 N–H and O–H groups in total. The van der Waals surface area contributed by atoms with Crippen LogP contribution in [0.15, 0.2) is 41.4 Å². The standard InChI is InChI=1S/C17H10Cl2IN3O2S2/c18-11-2-1-3-12(19)10(11)6-13-16(25)23(17(26)27-13)8-15(24)22-14-5-4-9(20)7-21-14/h1-7H,8H2,(H,21,22,24)/b13-6-. The third kappa shape index (κ3) is 5.00. The van der Waals surface area contributed by atoms with E-state index in [2.05, 4.69) is 32.9 Å². The number of thiocarbonyl (C=S) groups is 1. The molecule has 0 saturated carbocycles. The molecule has 27 heavy (non-hydrogen) atoms. The first kappa shape index (κ1) is 20.5. The first-order valence-corrected chi connectivity index (χ1v) is 10.5. The fourth-order valence-corrected chi connectivity index (χ4v) is 4.25. The van der Waals surface area contributed by atoms with Gasteiger partial charge in [-0.1, -0.05) is 53.2 Å². The second-order valence-corrected chi connectivity index (χ2v) is 9.05. The summed E-state index contributed by atoms with van der Waals surface area (Å²) in [6, 6.07) is 8.58. The van der Waals surface area contributed by atoms with Crippen LogP contribution >= 0.6 is 69.8 Å². The van der Waals surface area contributed by atoms with Gasteiger partial charge in [0.05, 0.1) is 4.91 Å². The highest BCUT2D eigenvalue weighted by atomic mass is 127. The molecule has 3 rings (SSSR count). The monoisotopic (exact) mass is 549 g/mol. The molecule has 2 aromatic rings. The van der Waals surface area contributed by atoms with Crippen molar-refractivity contribution < 1.29 is 9.59 Å². The lowest BCUT2D eigenvalue weighted by Gasteiger charge is -2.13. The Morgan fingerprint density at radius 3 is 2.63 bits per heavy atom. The molecule has 10 heteroatoms. The first-order valence-electron chi connectivity index (χ1n) is 7.46. The van der Waals surface area contributed by atoms with Gasteiger partial charge >= 0.3 is 0 Å². The third-order valence-corrected chi connectivity index (χ3v) is 6.12. The maximum Gasteiger partial charge on any atom is 0.266 e. The summed E-state index contributed by atoms with van der Waals surface area (Å²) in [6.45, 7) is -0.202. The topological polar surface area (TPSA) is 62.3 Å². The van der Waals surface area contributed by atoms with Crippen molar-refractivity contribution in [3.8, 4) is 0 Å². The number of pyridine rings is 1. The summed E-state index contributed by atoms with van der Waals surface area (Å²) >= 11 is 20.8. The SMILES string of the molecule is O=C(CN1C(=O)/C(=C/c2c(Cl)cccc2Cl)SC1=S)Nc1ccc(I)cn1. The molecule has 0 atom stereocenters. The summed E-state index contributed by atoms with van der Waals surface area (Å²) in [6.07, 6.45) is 3.22. The lowest BCUT2D eigenvalue weighted by molar-refractivity contribution is -0.126. The lowest BCUT2D eigenvalue weighted by Crippen LogP contribution is -2.36. The van der Waals surface area contributed by atoms with Crippen LogP contribution in [0.2, 0.25) is 10.0 Å². The van der Waals surface area contributed by atoms with Crippen molar-refractivity contribution in [3.05, 3.63) is 60.6 Å². The second kappa shape index (κ2) is 8.87. The van der Waals surface area contributed by atoms with Gasteiger partial charge in [0.2, 0.25) is 5.91 Å². The minimum Gasteiger partial charge on any atom is -0.309 e. The number of thioether (sulfide) groups is 1. The van der Waals surface area contributed by atoms with Crippen LogP contribution in [0.4, 0.5) is 5.82 Å². The van der Waals surface area contributed by atoms with E-state index in [-0.39, 0.29) is 12.5 Å². The molecule has 1 aliphatic heterocycles. The van der Waals surface area contributed by atoms with Crippen LogP contribution < -0.4 is 5.32 Å². The van der Waals surface area contributed by atoms with E-state index < -0.39 is 5.91 Å². The van der Waals surface area contributed by atoms with Crippen LogP contribution in [0.25, 0.3) is 6.08 Å². The molecule has 2 heterocycles. The summed E-state index contributed by atoms with van der Waals surface area (Å²) in [4.78, 5) is 30.6. The van der Waals surface area contributed by atoms with Crippen molar-refractivity contribution >= 4 is 97.8 Å². The molecule has 1 aliphatic rings. The second-order valence-electron chi connectivity index (χ2n) is 5.31. The fourth-order valence-electron chi connectivity index (χ4n) is 2.19. The molecule has 1 aromatic heterocycles. The number of anilines is 1. The summed E-state index contributed by atoms with van der Waals surface area (Å²) in [7, 11) is 0. The van der Waals surface area contributed by atoms with E-state index in [9.17, 15) is 9.59 Å². The smallest absolute Gasteiger partial charge is 0.266 e. The van der Waals surface area contributed by atoms with Crippen molar-refractivity contribution in [3.63, 3.8) is 0 Å². The van der Waals surface area contributed by atoms with Crippen LogP contribution in [0.1, 0.15) is 5.56 Å². The molecule has 1 fully saturated rings. The Hall–Kier alpha value is -1.20. The molecule has 138 valence electrons. The number of benzene rings is 1. The molecular formula is C17H10Cl2IN3O2S2. The molecule has 0 aliphatic carbocycles. The van der Waals surface area contributed by atoms with E-state index in [1.54, 1.807) is 36.5 Å². The molecule has 1 aromatic carbocycles. The number of hydrogen-bond acceptors (Lipinski definition) is 5. The van der Waals surface area contributed by atoms with Crippen molar-refractivity contribution in [2.24, 2.45) is 0 Å². The maximum absolute atomic E-state index is 12.6. The van der Waals surface area contributed by atoms with Crippen LogP contribution in [-0.2, 0) is 9.59 Å². The number of amides is 2. The van der Waals surface area contributed by atoms with Gasteiger partial charge in [-0.15, -0.1) is 0 Å². The van der Waals surface area contributed by atoms with E-state index in [0.29, 0.717) is 30.7 Å². The van der Waals surface area contributed by atoms with Crippen molar-refractivity contribution in [2.75, 3.05) is 11.9 Å². The van der Waals surface area contributed by atoms with Gasteiger partial charge in [-0.3, -0.25) is 14.5 Å². The number of halogens is 3. The summed E-state index contributed by atoms with van der Waals surface area (Å²) in [5.74, 6) is -0.354. The van der Waals surface area contributed by atoms with Crippen LogP contribution in [-0.4, -0.2) is 32.6 Å². The molecule has 0 spiro atoms. The molecule has 2 amide bonds. The Balaban J connectivity index is 1.73. The molecule has 0 radical (unpaired) electrons. The number of carbonyl (C=O) groups excluding carboxylic acids is 2. The molecule has 5 nitrogen and oxygen atoms in total. The molecule has 1 saturated heterocycles. The van der Waals surface area contributed by atoms with Gasteiger partial charge in [-0.25, -0.2) is 4.98 Å². The predicted octanol–water partition coefficient (Wildman–Crippen LogP) is 4.83. The highest BCUT2D eigenvalue weighted by molar-refractivity contribution is 14.1. The van der Waals surface area contributed by atoms with Crippen molar-refractivity contribution in [2.45, 2.75) is 0 Å². The van der Waals surface area contributed by atoms with Crippen LogP contribution in [0, 0.1) is 3.57 Å². The lowest BCUT2D eigenvalue weighted by atomic mass is 10.2.